The Morgan fingerprint density at radius 3 is 2.94 bits per heavy atom. The Hall–Kier alpha value is -1.92. The predicted octanol–water partition coefficient (Wildman–Crippen LogP) is 0.934. The molecule has 6 nitrogen and oxygen atoms in total. The third-order valence-corrected chi connectivity index (χ3v) is 2.75. The summed E-state index contributed by atoms with van der Waals surface area (Å²) in [5.41, 5.74) is 3.51. The molecule has 3 N–H and O–H groups in total. The van der Waals surface area contributed by atoms with Gasteiger partial charge in [0.25, 0.3) is 5.56 Å². The summed E-state index contributed by atoms with van der Waals surface area (Å²) in [7, 11) is 0. The molecule has 0 aliphatic rings. The molecule has 0 aromatic carbocycles. The van der Waals surface area contributed by atoms with Crippen molar-refractivity contribution in [3.05, 3.63) is 51.3 Å². The molecule has 0 aliphatic heterocycles. The third kappa shape index (κ3) is 2.66. The Morgan fingerprint density at radius 2 is 2.28 bits per heavy atom. The molecule has 0 bridgehead atoms. The first kappa shape index (κ1) is 12.5. The van der Waals surface area contributed by atoms with Crippen LogP contribution >= 0.6 is 11.6 Å². The zero-order chi connectivity index (χ0) is 13.1. The number of hydrazine groups is 1. The molecular formula is C11H12ClN5O. The van der Waals surface area contributed by atoms with Gasteiger partial charge in [0.15, 0.2) is 0 Å². The molecule has 7 heteroatoms. The fourth-order valence-corrected chi connectivity index (χ4v) is 1.64. The summed E-state index contributed by atoms with van der Waals surface area (Å²) >= 11 is 6.02. The number of aryl methyl sites for hydroxylation is 1. The van der Waals surface area contributed by atoms with Crippen LogP contribution in [0.3, 0.4) is 0 Å². The van der Waals surface area contributed by atoms with Crippen molar-refractivity contribution in [2.24, 2.45) is 5.84 Å². The lowest BCUT2D eigenvalue weighted by molar-refractivity contribution is 0.714. The van der Waals surface area contributed by atoms with Gasteiger partial charge in [-0.2, -0.15) is 0 Å². The number of nitrogen functional groups attached to an aromatic ring is 1. The molecule has 0 amide bonds. The first-order valence-corrected chi connectivity index (χ1v) is 5.63. The minimum atomic E-state index is -0.147. The zero-order valence-electron chi connectivity index (χ0n) is 9.72. The van der Waals surface area contributed by atoms with Crippen LogP contribution in [0.5, 0.6) is 0 Å². The highest BCUT2D eigenvalue weighted by Gasteiger charge is 2.06. The molecule has 0 aliphatic carbocycles. The standard InChI is InChI=1S/C11H12ClN5O/c1-7-4-11(18)17(6-14-7)5-9-8(12)2-3-10(15-9)16-13/h2-4,6H,5,13H2,1H3,(H,15,16). The summed E-state index contributed by atoms with van der Waals surface area (Å²) in [6, 6.07) is 4.78. The monoisotopic (exact) mass is 265 g/mol. The Kier molecular flexibility index (Phi) is 3.59. The van der Waals surface area contributed by atoms with Gasteiger partial charge in [0.2, 0.25) is 0 Å². The Bertz CT molecular complexity index is 625. The van der Waals surface area contributed by atoms with Gasteiger partial charge >= 0.3 is 0 Å². The van der Waals surface area contributed by atoms with E-state index in [0.717, 1.165) is 0 Å². The molecule has 2 heterocycles. The van der Waals surface area contributed by atoms with E-state index in [1.807, 2.05) is 0 Å². The molecule has 18 heavy (non-hydrogen) atoms. The summed E-state index contributed by atoms with van der Waals surface area (Å²) in [4.78, 5) is 20.0. The maximum absolute atomic E-state index is 11.7. The first-order chi connectivity index (χ1) is 8.60. The Morgan fingerprint density at radius 1 is 1.50 bits per heavy atom. The lowest BCUT2D eigenvalue weighted by Gasteiger charge is -2.08. The molecule has 0 radical (unpaired) electrons. The number of hydrogen-bond donors (Lipinski definition) is 2. The summed E-state index contributed by atoms with van der Waals surface area (Å²) in [5, 5.41) is 0.474. The van der Waals surface area contributed by atoms with Crippen molar-refractivity contribution < 1.29 is 0 Å². The fourth-order valence-electron chi connectivity index (χ4n) is 1.47. The van der Waals surface area contributed by atoms with E-state index in [-0.39, 0.29) is 12.1 Å². The number of nitrogens with zero attached hydrogens (tertiary/aromatic N) is 3. The maximum Gasteiger partial charge on any atom is 0.253 e. The number of hydrogen-bond acceptors (Lipinski definition) is 5. The minimum absolute atomic E-state index is 0.147. The van der Waals surface area contributed by atoms with Gasteiger partial charge in [0, 0.05) is 11.8 Å². The molecule has 2 aromatic rings. The van der Waals surface area contributed by atoms with Gasteiger partial charge in [-0.15, -0.1) is 0 Å². The maximum atomic E-state index is 11.7. The molecule has 2 aromatic heterocycles. The van der Waals surface area contributed by atoms with Crippen LogP contribution in [-0.2, 0) is 6.54 Å². The van der Waals surface area contributed by atoms with Gasteiger partial charge in [0.05, 0.1) is 23.6 Å². The van der Waals surface area contributed by atoms with Crippen molar-refractivity contribution in [3.63, 3.8) is 0 Å². The summed E-state index contributed by atoms with van der Waals surface area (Å²) in [5.74, 6) is 5.76. The number of anilines is 1. The topological polar surface area (TPSA) is 85.8 Å². The molecule has 2 rings (SSSR count). The lowest BCUT2D eigenvalue weighted by atomic mass is 10.3. The fraction of sp³-hybridized carbons (Fsp3) is 0.182. The number of nitrogens with two attached hydrogens (primary N) is 1. The minimum Gasteiger partial charge on any atom is -0.308 e. The van der Waals surface area contributed by atoms with Gasteiger partial charge in [-0.05, 0) is 19.1 Å². The second-order valence-electron chi connectivity index (χ2n) is 3.77. The summed E-state index contributed by atoms with van der Waals surface area (Å²) in [6.07, 6.45) is 1.47. The predicted molar refractivity (Wildman–Crippen MR) is 69.4 cm³/mol. The average molecular weight is 266 g/mol. The molecule has 0 saturated heterocycles. The smallest absolute Gasteiger partial charge is 0.253 e. The highest BCUT2D eigenvalue weighted by Crippen LogP contribution is 2.16. The number of aromatic nitrogens is 3. The second kappa shape index (κ2) is 5.16. The van der Waals surface area contributed by atoms with E-state index in [1.54, 1.807) is 19.1 Å². The van der Waals surface area contributed by atoms with Crippen molar-refractivity contribution in [2.75, 3.05) is 5.43 Å². The highest BCUT2D eigenvalue weighted by molar-refractivity contribution is 6.31. The molecule has 0 atom stereocenters. The highest BCUT2D eigenvalue weighted by atomic mass is 35.5. The van der Waals surface area contributed by atoms with E-state index in [4.69, 9.17) is 17.4 Å². The van der Waals surface area contributed by atoms with E-state index >= 15 is 0 Å². The van der Waals surface area contributed by atoms with Crippen molar-refractivity contribution in [1.29, 1.82) is 0 Å². The van der Waals surface area contributed by atoms with Crippen LogP contribution in [0.15, 0.2) is 29.3 Å². The number of pyridine rings is 1. The van der Waals surface area contributed by atoms with Crippen LogP contribution in [0, 0.1) is 6.92 Å². The summed E-state index contributed by atoms with van der Waals surface area (Å²) < 4.78 is 1.43. The van der Waals surface area contributed by atoms with Gasteiger partial charge < -0.3 is 5.43 Å². The Labute approximate surface area is 108 Å². The molecular weight excluding hydrogens is 254 g/mol. The van der Waals surface area contributed by atoms with E-state index in [9.17, 15) is 4.79 Å². The first-order valence-electron chi connectivity index (χ1n) is 5.25. The van der Waals surface area contributed by atoms with Crippen LogP contribution < -0.4 is 16.8 Å². The number of nitrogens with one attached hydrogen (secondary N) is 1. The molecule has 94 valence electrons. The van der Waals surface area contributed by atoms with Crippen LogP contribution in [0.1, 0.15) is 11.4 Å². The van der Waals surface area contributed by atoms with Crippen molar-refractivity contribution in [2.45, 2.75) is 13.5 Å². The molecule has 0 saturated carbocycles. The average Bonchev–Trinajstić information content (AvgIpc) is 2.35. The summed E-state index contributed by atoms with van der Waals surface area (Å²) in [6.45, 7) is 2.01. The Balaban J connectivity index is 2.36. The SMILES string of the molecule is Cc1cc(=O)n(Cc2nc(NN)ccc2Cl)cn1. The van der Waals surface area contributed by atoms with E-state index < -0.39 is 0 Å². The number of halogens is 1. The van der Waals surface area contributed by atoms with Gasteiger partial charge in [-0.3, -0.25) is 9.36 Å². The van der Waals surface area contributed by atoms with E-state index in [1.165, 1.54) is 17.0 Å². The quantitative estimate of drug-likeness (QED) is 0.637. The van der Waals surface area contributed by atoms with Crippen molar-refractivity contribution in [3.8, 4) is 0 Å². The lowest BCUT2D eigenvalue weighted by Crippen LogP contribution is -2.21. The van der Waals surface area contributed by atoms with Gasteiger partial charge in [-0.25, -0.2) is 15.8 Å². The van der Waals surface area contributed by atoms with Crippen LogP contribution in [0.4, 0.5) is 5.82 Å². The van der Waals surface area contributed by atoms with E-state index in [2.05, 4.69) is 15.4 Å². The van der Waals surface area contributed by atoms with E-state index in [0.29, 0.717) is 22.2 Å². The zero-order valence-corrected chi connectivity index (χ0v) is 10.5. The second-order valence-corrected chi connectivity index (χ2v) is 4.17. The van der Waals surface area contributed by atoms with Gasteiger partial charge in [-0.1, -0.05) is 11.6 Å². The van der Waals surface area contributed by atoms with Crippen LogP contribution in [-0.4, -0.2) is 14.5 Å². The van der Waals surface area contributed by atoms with Crippen LogP contribution in [0.25, 0.3) is 0 Å². The largest absolute Gasteiger partial charge is 0.308 e. The molecule has 0 spiro atoms. The van der Waals surface area contributed by atoms with Crippen molar-refractivity contribution >= 4 is 17.4 Å². The third-order valence-electron chi connectivity index (χ3n) is 2.40. The van der Waals surface area contributed by atoms with Crippen LogP contribution in [0.2, 0.25) is 5.02 Å². The molecule has 0 fully saturated rings. The number of rotatable bonds is 3. The normalized spacial score (nSPS) is 10.4. The van der Waals surface area contributed by atoms with Crippen molar-refractivity contribution in [1.82, 2.24) is 14.5 Å². The van der Waals surface area contributed by atoms with Gasteiger partial charge in [0.1, 0.15) is 5.82 Å². The molecule has 0 unspecified atom stereocenters.